The van der Waals surface area contributed by atoms with Crippen LogP contribution in [0.1, 0.15) is 31.2 Å². The number of nitrogens with one attached hydrogen (secondary N) is 1. The van der Waals surface area contributed by atoms with Crippen LogP contribution in [0.5, 0.6) is 0 Å². The van der Waals surface area contributed by atoms with Gasteiger partial charge in [-0.1, -0.05) is 0 Å². The second-order valence-corrected chi connectivity index (χ2v) is 11.1. The van der Waals surface area contributed by atoms with Gasteiger partial charge in [-0.15, -0.1) is 0 Å². The van der Waals surface area contributed by atoms with Crippen LogP contribution in [0.25, 0.3) is 5.52 Å². The van der Waals surface area contributed by atoms with E-state index >= 15 is 0 Å². The molecule has 10 heteroatoms. The Kier molecular flexibility index (Phi) is 11.0. The number of carbonyl (C=O) groups excluding carboxylic acids is 1. The summed E-state index contributed by atoms with van der Waals surface area (Å²) in [6.45, 7) is 6.75. The van der Waals surface area contributed by atoms with Crippen LogP contribution in [-0.2, 0) is 4.79 Å². The molecule has 4 heterocycles. The molecule has 0 aliphatic carbocycles. The van der Waals surface area contributed by atoms with Gasteiger partial charge in [-0.2, -0.15) is 5.10 Å². The van der Waals surface area contributed by atoms with E-state index < -0.39 is 11.6 Å². The Labute approximate surface area is 218 Å². The quantitative estimate of drug-likeness (QED) is 0.255. The topological polar surface area (TPSA) is 52.9 Å². The fraction of sp³-hybridized carbons (Fsp3) is 0.417. The van der Waals surface area contributed by atoms with Gasteiger partial charge in [-0.3, -0.25) is 0 Å². The van der Waals surface area contributed by atoms with Gasteiger partial charge in [-0.25, -0.2) is 13.3 Å². The van der Waals surface area contributed by atoms with Gasteiger partial charge < -0.3 is 4.90 Å². The van der Waals surface area contributed by atoms with Crippen LogP contribution in [0.3, 0.4) is 0 Å². The Bertz CT molecular complexity index is 1000. The van der Waals surface area contributed by atoms with E-state index in [0.29, 0.717) is 6.04 Å². The van der Waals surface area contributed by atoms with Crippen molar-refractivity contribution in [3.05, 3.63) is 66.0 Å². The Morgan fingerprint density at radius 1 is 1.06 bits per heavy atom. The third-order valence-electron chi connectivity index (χ3n) is 5.86. The molecular formula is C24H30F2N5OPbS. The van der Waals surface area contributed by atoms with Crippen LogP contribution in [0, 0.1) is 18.6 Å². The van der Waals surface area contributed by atoms with Gasteiger partial charge in [0.15, 0.2) is 0 Å². The van der Waals surface area contributed by atoms with Crippen molar-refractivity contribution in [1.82, 2.24) is 19.2 Å². The number of halogens is 2. The van der Waals surface area contributed by atoms with Gasteiger partial charge in [0.25, 0.3) is 0 Å². The van der Waals surface area contributed by atoms with E-state index in [-0.39, 0.29) is 0 Å². The van der Waals surface area contributed by atoms with Crippen LogP contribution < -0.4 is 10.2 Å². The molecule has 3 aromatic rings. The van der Waals surface area contributed by atoms with Crippen molar-refractivity contribution in [3.63, 3.8) is 0 Å². The summed E-state index contributed by atoms with van der Waals surface area (Å²) in [5, 5.41) is 7.11. The molecule has 0 atom stereocenters. The fourth-order valence-corrected chi connectivity index (χ4v) is 6.43. The first-order valence-electron chi connectivity index (χ1n) is 11.4. The molecule has 6 nitrogen and oxygen atoms in total. The van der Waals surface area contributed by atoms with Crippen molar-refractivity contribution in [2.45, 2.75) is 38.6 Å². The number of piperidine rings is 1. The monoisotopic (exact) mass is 682 g/mol. The second kappa shape index (κ2) is 14.0. The number of amides is 1. The maximum absolute atomic E-state index is 11.9. The third kappa shape index (κ3) is 8.19. The molecule has 5 rings (SSSR count). The van der Waals surface area contributed by atoms with E-state index in [2.05, 4.69) is 44.9 Å². The molecule has 2 aliphatic rings. The molecule has 181 valence electrons. The summed E-state index contributed by atoms with van der Waals surface area (Å²) >= 11 is 1.18. The molecule has 2 fully saturated rings. The Balaban J connectivity index is 0.000000151. The number of benzene rings is 1. The summed E-state index contributed by atoms with van der Waals surface area (Å²) in [5.74, 6) is -0.821. The van der Waals surface area contributed by atoms with E-state index in [0.717, 1.165) is 56.6 Å². The first-order chi connectivity index (χ1) is 16.5. The zero-order valence-electron chi connectivity index (χ0n) is 19.3. The summed E-state index contributed by atoms with van der Waals surface area (Å²) in [5.41, 5.74) is 3.80. The molecule has 1 N–H and O–H groups in total. The molecule has 2 aromatic heterocycles. The molecule has 1 aromatic carbocycles. The standard InChI is InChI=1S/C12H15N3.C6H4F2.C6H11N2OS.Pb/c1-10-9-13-15-7-4-11(8-12(10)15)14-5-2-3-6-14;7-5-1-2-6(8)4-3-5;9-5-7-6-1-3-8(10)4-2-6;/h4,7-9H,2-3,5-6H2,1H3;1-4H;5-6H,1-4H2,(H,7,9);/q;;-1;+1. The first-order valence-corrected chi connectivity index (χ1v) is 16.9. The third-order valence-corrected chi connectivity index (χ3v) is 9.49. The fourth-order valence-electron chi connectivity index (χ4n) is 3.90. The molecule has 0 bridgehead atoms. The number of hydrogen-bond donors (Lipinski definition) is 1. The number of pyridine rings is 1. The van der Waals surface area contributed by atoms with Crippen LogP contribution in [0.15, 0.2) is 48.8 Å². The minimum absolute atomic E-state index is 0.411. The molecule has 1 amide bonds. The number of nitrogens with zero attached hydrogens (tertiary/aromatic N) is 4. The minimum atomic E-state index is -0.411. The zero-order chi connectivity index (χ0) is 24.3. The molecule has 2 saturated heterocycles. The number of fused-ring (bicyclic) bond motifs is 1. The summed E-state index contributed by atoms with van der Waals surface area (Å²) in [6.07, 6.45) is 9.64. The number of hydrogen-bond acceptors (Lipinski definition) is 5. The molecule has 2 aliphatic heterocycles. The van der Waals surface area contributed by atoms with Gasteiger partial charge in [0.2, 0.25) is 0 Å². The summed E-state index contributed by atoms with van der Waals surface area (Å²) in [7, 11) is 1.92. The summed E-state index contributed by atoms with van der Waals surface area (Å²) in [6, 6.07) is 9.14. The Morgan fingerprint density at radius 2 is 1.68 bits per heavy atom. The number of anilines is 1. The number of aromatic nitrogens is 2. The Hall–Kier alpha value is -1.73. The molecular weight excluding hydrogens is 652 g/mol. The van der Waals surface area contributed by atoms with E-state index in [4.69, 9.17) is 0 Å². The average molecular weight is 682 g/mol. The van der Waals surface area contributed by atoms with Crippen molar-refractivity contribution in [2.24, 2.45) is 0 Å². The van der Waals surface area contributed by atoms with Crippen molar-refractivity contribution in [1.29, 1.82) is 0 Å². The van der Waals surface area contributed by atoms with Crippen molar-refractivity contribution in [2.75, 3.05) is 31.1 Å². The molecule has 0 saturated carbocycles. The number of carbonyl (C=O) groups is 1. The van der Waals surface area contributed by atoms with Gasteiger partial charge in [0, 0.05) is 25.0 Å². The zero-order valence-corrected chi connectivity index (χ0v) is 24.0. The SMILES string of the molecule is Cc1cnn2ccc(N3CCCC3)cc12.Fc1ccc(F)cc1.O=CNC1CCN([S][Pb])CC1. The molecule has 0 unspecified atom stereocenters. The van der Waals surface area contributed by atoms with Crippen molar-refractivity contribution in [3.8, 4) is 0 Å². The van der Waals surface area contributed by atoms with E-state index in [1.54, 1.807) is 0 Å². The average Bonchev–Trinajstić information content (AvgIpc) is 3.53. The van der Waals surface area contributed by atoms with Gasteiger partial charge in [0.05, 0.1) is 11.7 Å². The first kappa shape index (κ1) is 26.9. The van der Waals surface area contributed by atoms with Gasteiger partial charge in [0.1, 0.15) is 11.6 Å². The van der Waals surface area contributed by atoms with Crippen LogP contribution >= 0.6 is 8.50 Å². The summed E-state index contributed by atoms with van der Waals surface area (Å²) < 4.78 is 28.2. The van der Waals surface area contributed by atoms with Crippen molar-refractivity contribution >= 4 is 50.4 Å². The van der Waals surface area contributed by atoms with Gasteiger partial charge in [-0.05, 0) is 61.7 Å². The normalized spacial score (nSPS) is 16.4. The van der Waals surface area contributed by atoms with Crippen LogP contribution in [0.4, 0.5) is 14.5 Å². The summed E-state index contributed by atoms with van der Waals surface area (Å²) in [4.78, 5) is 12.6. The van der Waals surface area contributed by atoms with Gasteiger partial charge >= 0.3 is 85.6 Å². The number of aryl methyl sites for hydroxylation is 1. The second-order valence-electron chi connectivity index (χ2n) is 8.25. The molecule has 0 spiro atoms. The predicted molar refractivity (Wildman–Crippen MR) is 135 cm³/mol. The van der Waals surface area contributed by atoms with E-state index in [1.807, 2.05) is 19.2 Å². The van der Waals surface area contributed by atoms with E-state index in [9.17, 15) is 13.6 Å². The van der Waals surface area contributed by atoms with Crippen LogP contribution in [-0.4, -0.2) is 76.8 Å². The van der Waals surface area contributed by atoms with E-state index in [1.165, 1.54) is 67.0 Å². The van der Waals surface area contributed by atoms with Crippen LogP contribution in [0.2, 0.25) is 0 Å². The predicted octanol–water partition coefficient (Wildman–Crippen LogP) is 4.14. The molecule has 3 radical (unpaired) electrons. The maximum atomic E-state index is 11.9. The van der Waals surface area contributed by atoms with Crippen molar-refractivity contribution < 1.29 is 13.6 Å². The Morgan fingerprint density at radius 3 is 2.24 bits per heavy atom. The number of rotatable bonds is 4. The molecule has 34 heavy (non-hydrogen) atoms.